The quantitative estimate of drug-likeness (QED) is 0.330. The van der Waals surface area contributed by atoms with Crippen LogP contribution < -0.4 is 19.7 Å². The molecule has 5 rings (SSSR count). The fourth-order valence-corrected chi connectivity index (χ4v) is 3.94. The number of hydrogen-bond acceptors (Lipinski definition) is 6. The first kappa shape index (κ1) is 24.8. The lowest BCUT2D eigenvalue weighted by Gasteiger charge is -2.29. The number of para-hydroxylation sites is 1. The van der Waals surface area contributed by atoms with E-state index in [2.05, 4.69) is 5.32 Å². The molecule has 0 spiro atoms. The first-order valence-electron chi connectivity index (χ1n) is 11.9. The van der Waals surface area contributed by atoms with Gasteiger partial charge in [-0.3, -0.25) is 19.3 Å². The van der Waals surface area contributed by atoms with Gasteiger partial charge in [-0.05, 0) is 48.0 Å². The number of Topliss-reactive ketones (excluding diaryl/α,β-unsaturated/α-hetero) is 1. The molecule has 0 unspecified atom stereocenters. The van der Waals surface area contributed by atoms with E-state index in [9.17, 15) is 18.8 Å². The molecule has 1 N–H and O–H groups in total. The average Bonchev–Trinajstić information content (AvgIpc) is 3.42. The van der Waals surface area contributed by atoms with Crippen molar-refractivity contribution in [2.75, 3.05) is 18.1 Å². The van der Waals surface area contributed by atoms with Gasteiger partial charge in [0, 0.05) is 12.1 Å². The highest BCUT2D eigenvalue weighted by Gasteiger charge is 2.28. The van der Waals surface area contributed by atoms with Crippen LogP contribution in [-0.4, -0.2) is 30.8 Å². The highest BCUT2D eigenvalue weighted by molar-refractivity contribution is 6.02. The molecule has 9 heteroatoms. The molecule has 2 amide bonds. The molecule has 0 saturated heterocycles. The van der Waals surface area contributed by atoms with Crippen LogP contribution in [0.15, 0.2) is 89.3 Å². The summed E-state index contributed by atoms with van der Waals surface area (Å²) in [5, 5.41) is 2.80. The Morgan fingerprint density at radius 1 is 0.974 bits per heavy atom. The minimum Gasteiger partial charge on any atom is -0.482 e. The predicted octanol–water partition coefficient (Wildman–Crippen LogP) is 4.54. The van der Waals surface area contributed by atoms with E-state index in [1.807, 2.05) is 30.3 Å². The number of nitrogens with one attached hydrogen (secondary N) is 1. The van der Waals surface area contributed by atoms with Crippen LogP contribution >= 0.6 is 0 Å². The van der Waals surface area contributed by atoms with Crippen molar-refractivity contribution in [1.82, 2.24) is 5.32 Å². The smallest absolute Gasteiger partial charge is 0.287 e. The third-order valence-corrected chi connectivity index (χ3v) is 5.91. The fraction of sp³-hybridized carbons (Fsp3) is 0.138. The molecule has 0 atom stereocenters. The second-order valence-electron chi connectivity index (χ2n) is 8.53. The first-order valence-corrected chi connectivity index (χ1v) is 11.9. The summed E-state index contributed by atoms with van der Waals surface area (Å²) < 4.78 is 30.4. The van der Waals surface area contributed by atoms with E-state index in [1.54, 1.807) is 30.3 Å². The summed E-state index contributed by atoms with van der Waals surface area (Å²) in [7, 11) is 0. The number of furan rings is 1. The lowest BCUT2D eigenvalue weighted by molar-refractivity contribution is -0.121. The molecule has 1 aromatic heterocycles. The normalized spacial score (nSPS) is 12.4. The van der Waals surface area contributed by atoms with Gasteiger partial charge in [0.2, 0.25) is 0 Å². The zero-order chi connectivity index (χ0) is 26.5. The highest BCUT2D eigenvalue weighted by atomic mass is 19.1. The molecule has 1 aliphatic heterocycles. The SMILES string of the molecule is O=C(COc1ccccc1F)c1ccc2c(c1)N(Cc1ccc(C(=O)NCc3ccccc3)o1)C(=O)CO2. The minimum atomic E-state index is -0.567. The van der Waals surface area contributed by atoms with Crippen molar-refractivity contribution < 1.29 is 32.7 Å². The van der Waals surface area contributed by atoms with Gasteiger partial charge in [-0.2, -0.15) is 0 Å². The standard InChI is InChI=1S/C29H23FN2O6/c30-22-8-4-5-9-25(22)36-17-24(33)20-10-12-26-23(14-20)32(28(34)18-37-26)16-21-11-13-27(38-21)29(35)31-15-19-6-2-1-3-7-19/h1-14H,15-18H2,(H,31,35). The Labute approximate surface area is 217 Å². The number of benzene rings is 3. The Hall–Kier alpha value is -4.92. The van der Waals surface area contributed by atoms with Crippen molar-refractivity contribution in [3.63, 3.8) is 0 Å². The predicted molar refractivity (Wildman–Crippen MR) is 136 cm³/mol. The molecule has 0 aliphatic carbocycles. The molecule has 0 bridgehead atoms. The average molecular weight is 515 g/mol. The second kappa shape index (κ2) is 11.0. The molecule has 4 aromatic rings. The molecule has 0 saturated carbocycles. The maximum absolute atomic E-state index is 13.8. The van der Waals surface area contributed by atoms with E-state index in [4.69, 9.17) is 13.9 Å². The van der Waals surface area contributed by atoms with Crippen LogP contribution in [0.3, 0.4) is 0 Å². The Kier molecular flexibility index (Phi) is 7.17. The van der Waals surface area contributed by atoms with Gasteiger partial charge in [0.1, 0.15) is 11.5 Å². The van der Waals surface area contributed by atoms with Gasteiger partial charge in [0.25, 0.3) is 11.8 Å². The van der Waals surface area contributed by atoms with Gasteiger partial charge in [0.05, 0.1) is 12.2 Å². The zero-order valence-electron chi connectivity index (χ0n) is 20.2. The molecular formula is C29H23FN2O6. The van der Waals surface area contributed by atoms with E-state index in [0.717, 1.165) is 5.56 Å². The molecule has 192 valence electrons. The summed E-state index contributed by atoms with van der Waals surface area (Å²) in [6.45, 7) is -0.178. The molecule has 0 radical (unpaired) electrons. The van der Waals surface area contributed by atoms with E-state index in [1.165, 1.54) is 29.2 Å². The Morgan fingerprint density at radius 2 is 1.76 bits per heavy atom. The van der Waals surface area contributed by atoms with E-state index in [0.29, 0.717) is 23.7 Å². The fourth-order valence-electron chi connectivity index (χ4n) is 3.94. The van der Waals surface area contributed by atoms with Crippen molar-refractivity contribution in [3.05, 3.63) is 113 Å². The number of nitrogens with zero attached hydrogens (tertiary/aromatic N) is 1. The molecule has 3 aromatic carbocycles. The van der Waals surface area contributed by atoms with Gasteiger partial charge in [-0.15, -0.1) is 0 Å². The van der Waals surface area contributed by atoms with Crippen molar-refractivity contribution >= 4 is 23.3 Å². The van der Waals surface area contributed by atoms with Crippen LogP contribution in [0, 0.1) is 5.82 Å². The number of rotatable bonds is 9. The van der Waals surface area contributed by atoms with Gasteiger partial charge < -0.3 is 19.2 Å². The van der Waals surface area contributed by atoms with Gasteiger partial charge >= 0.3 is 0 Å². The van der Waals surface area contributed by atoms with Crippen molar-refractivity contribution in [2.45, 2.75) is 13.1 Å². The maximum Gasteiger partial charge on any atom is 0.287 e. The molecule has 8 nitrogen and oxygen atoms in total. The largest absolute Gasteiger partial charge is 0.482 e. The maximum atomic E-state index is 13.8. The van der Waals surface area contributed by atoms with Crippen LogP contribution in [0.1, 0.15) is 32.2 Å². The number of carbonyl (C=O) groups excluding carboxylic acids is 3. The minimum absolute atomic E-state index is 0.0274. The van der Waals surface area contributed by atoms with Crippen LogP contribution in [0.5, 0.6) is 11.5 Å². The van der Waals surface area contributed by atoms with E-state index < -0.39 is 11.6 Å². The number of halogens is 1. The van der Waals surface area contributed by atoms with Crippen LogP contribution in [-0.2, 0) is 17.9 Å². The lowest BCUT2D eigenvalue weighted by Crippen LogP contribution is -2.38. The number of hydrogen-bond donors (Lipinski definition) is 1. The summed E-state index contributed by atoms with van der Waals surface area (Å²) in [5.41, 5.74) is 1.60. The third kappa shape index (κ3) is 5.57. The Balaban J connectivity index is 1.27. The lowest BCUT2D eigenvalue weighted by atomic mass is 10.1. The molecule has 38 heavy (non-hydrogen) atoms. The molecular weight excluding hydrogens is 491 g/mol. The van der Waals surface area contributed by atoms with E-state index in [-0.39, 0.29) is 48.6 Å². The third-order valence-electron chi connectivity index (χ3n) is 5.91. The number of fused-ring (bicyclic) bond motifs is 1. The molecule has 1 aliphatic rings. The number of ketones is 1. The van der Waals surface area contributed by atoms with Gasteiger partial charge in [0.15, 0.2) is 36.3 Å². The summed E-state index contributed by atoms with van der Waals surface area (Å²) in [6, 6.07) is 23.1. The van der Waals surface area contributed by atoms with E-state index >= 15 is 0 Å². The monoisotopic (exact) mass is 514 g/mol. The zero-order valence-corrected chi connectivity index (χ0v) is 20.2. The summed E-state index contributed by atoms with van der Waals surface area (Å²) >= 11 is 0. The summed E-state index contributed by atoms with van der Waals surface area (Å²) in [5.74, 6) is -0.787. The number of amides is 2. The van der Waals surface area contributed by atoms with Crippen molar-refractivity contribution in [2.24, 2.45) is 0 Å². The Morgan fingerprint density at radius 3 is 2.58 bits per heavy atom. The van der Waals surface area contributed by atoms with Crippen molar-refractivity contribution in [3.8, 4) is 11.5 Å². The number of ether oxygens (including phenoxy) is 2. The van der Waals surface area contributed by atoms with Crippen LogP contribution in [0.4, 0.5) is 10.1 Å². The van der Waals surface area contributed by atoms with Gasteiger partial charge in [-0.1, -0.05) is 42.5 Å². The number of anilines is 1. The van der Waals surface area contributed by atoms with Crippen LogP contribution in [0.25, 0.3) is 0 Å². The van der Waals surface area contributed by atoms with Crippen molar-refractivity contribution in [1.29, 1.82) is 0 Å². The summed E-state index contributed by atoms with van der Waals surface area (Å²) in [4.78, 5) is 39.4. The van der Waals surface area contributed by atoms with Crippen LogP contribution in [0.2, 0.25) is 0 Å². The molecule has 2 heterocycles. The second-order valence-corrected chi connectivity index (χ2v) is 8.53. The molecule has 0 fully saturated rings. The first-order chi connectivity index (χ1) is 18.5. The Bertz CT molecular complexity index is 1480. The summed E-state index contributed by atoms with van der Waals surface area (Å²) in [6.07, 6.45) is 0. The van der Waals surface area contributed by atoms with Gasteiger partial charge in [-0.25, -0.2) is 4.39 Å². The highest BCUT2D eigenvalue weighted by Crippen LogP contribution is 2.34. The number of carbonyl (C=O) groups is 3. The topological polar surface area (TPSA) is 98.1 Å².